The molecule has 1 aromatic heterocycles. The summed E-state index contributed by atoms with van der Waals surface area (Å²) in [5, 5.41) is 19.8. The minimum atomic E-state index is -0.943. The minimum Gasteiger partial charge on any atom is -0.481 e. The lowest BCUT2D eigenvalue weighted by Crippen LogP contribution is -2.38. The highest BCUT2D eigenvalue weighted by molar-refractivity contribution is 5.73. The molecule has 0 unspecified atom stereocenters. The predicted octanol–water partition coefficient (Wildman–Crippen LogP) is 1.99. The number of anilines is 1. The maximum absolute atomic E-state index is 10.9. The number of carboxylic acid groups (broad SMARTS) is 2. The second-order valence-corrected chi connectivity index (χ2v) is 7.90. The van der Waals surface area contributed by atoms with Crippen molar-refractivity contribution in [3.8, 4) is 0 Å². The number of ether oxygens (including phenoxy) is 1. The first-order chi connectivity index (χ1) is 14.7. The Kier molecular flexibility index (Phi) is 12.7. The molecule has 0 saturated carbocycles. The van der Waals surface area contributed by atoms with Crippen molar-refractivity contribution in [1.82, 2.24) is 9.88 Å². The van der Waals surface area contributed by atoms with Gasteiger partial charge >= 0.3 is 5.97 Å². The van der Waals surface area contributed by atoms with Crippen molar-refractivity contribution in [1.29, 1.82) is 0 Å². The fraction of sp³-hybridized carbons (Fsp3) is 0.682. The number of methoxy groups -OCH3 is 1. The van der Waals surface area contributed by atoms with Gasteiger partial charge in [-0.1, -0.05) is 6.07 Å². The monoisotopic (exact) mass is 438 g/mol. The Morgan fingerprint density at radius 2 is 2.00 bits per heavy atom. The molecular formula is C22H38N4O5. The van der Waals surface area contributed by atoms with E-state index in [0.29, 0.717) is 13.0 Å². The number of pyridine rings is 1. The van der Waals surface area contributed by atoms with Gasteiger partial charge in [0.1, 0.15) is 11.9 Å². The van der Waals surface area contributed by atoms with Crippen molar-refractivity contribution < 1.29 is 24.5 Å². The third-order valence-electron chi connectivity index (χ3n) is 5.10. The molecule has 2 heterocycles. The third-order valence-corrected chi connectivity index (χ3v) is 5.10. The fourth-order valence-corrected chi connectivity index (χ4v) is 3.33. The van der Waals surface area contributed by atoms with Crippen LogP contribution >= 0.6 is 0 Å². The average molecular weight is 439 g/mol. The van der Waals surface area contributed by atoms with E-state index in [0.717, 1.165) is 63.8 Å². The van der Waals surface area contributed by atoms with Crippen LogP contribution < -0.4 is 11.1 Å². The molecule has 1 aliphatic heterocycles. The summed E-state index contributed by atoms with van der Waals surface area (Å²) in [5.74, 6) is -0.723. The van der Waals surface area contributed by atoms with Gasteiger partial charge in [0.25, 0.3) is 5.97 Å². The minimum absolute atomic E-state index is 0.111. The first-order valence-corrected chi connectivity index (χ1v) is 10.9. The van der Waals surface area contributed by atoms with E-state index >= 15 is 0 Å². The Balaban J connectivity index is 0.00000110. The number of hydrogen-bond acceptors (Lipinski definition) is 7. The van der Waals surface area contributed by atoms with Crippen molar-refractivity contribution in [2.45, 2.75) is 64.5 Å². The second-order valence-electron chi connectivity index (χ2n) is 7.90. The number of aryl methyl sites for hydroxylation is 2. The molecule has 0 saturated heterocycles. The number of aromatic nitrogens is 1. The van der Waals surface area contributed by atoms with Crippen LogP contribution in [0.15, 0.2) is 12.1 Å². The largest absolute Gasteiger partial charge is 0.481 e. The van der Waals surface area contributed by atoms with Crippen LogP contribution in [0.2, 0.25) is 0 Å². The molecular weight excluding hydrogens is 400 g/mol. The summed E-state index contributed by atoms with van der Waals surface area (Å²) in [5.41, 5.74) is 8.09. The normalized spacial score (nSPS) is 14.6. The number of rotatable bonds is 12. The highest BCUT2D eigenvalue weighted by Crippen LogP contribution is 2.20. The lowest BCUT2D eigenvalue weighted by Gasteiger charge is -2.25. The molecule has 0 amide bonds. The average Bonchev–Trinajstić information content (AvgIpc) is 2.73. The lowest BCUT2D eigenvalue weighted by molar-refractivity contribution is -0.139. The molecule has 176 valence electrons. The van der Waals surface area contributed by atoms with Crippen LogP contribution in [0.1, 0.15) is 50.8 Å². The molecule has 0 aromatic carbocycles. The van der Waals surface area contributed by atoms with Gasteiger partial charge in [-0.2, -0.15) is 0 Å². The zero-order valence-corrected chi connectivity index (χ0v) is 19.0. The van der Waals surface area contributed by atoms with E-state index in [1.54, 1.807) is 7.11 Å². The van der Waals surface area contributed by atoms with E-state index in [-0.39, 0.29) is 6.10 Å². The van der Waals surface area contributed by atoms with Crippen LogP contribution in [0.25, 0.3) is 0 Å². The van der Waals surface area contributed by atoms with Gasteiger partial charge in [-0.3, -0.25) is 9.59 Å². The second kappa shape index (κ2) is 14.7. The lowest BCUT2D eigenvalue weighted by atomic mass is 10.1. The summed E-state index contributed by atoms with van der Waals surface area (Å²) < 4.78 is 5.36. The molecule has 0 aliphatic carbocycles. The first-order valence-electron chi connectivity index (χ1n) is 10.9. The van der Waals surface area contributed by atoms with Gasteiger partial charge in [0.2, 0.25) is 0 Å². The van der Waals surface area contributed by atoms with Crippen LogP contribution in [-0.4, -0.2) is 77.5 Å². The third kappa shape index (κ3) is 11.7. The Morgan fingerprint density at radius 3 is 2.65 bits per heavy atom. The van der Waals surface area contributed by atoms with Gasteiger partial charge in [0.05, 0.1) is 6.10 Å². The summed E-state index contributed by atoms with van der Waals surface area (Å²) in [6.45, 7) is 6.47. The molecule has 0 radical (unpaired) electrons. The van der Waals surface area contributed by atoms with Gasteiger partial charge in [-0.25, -0.2) is 4.98 Å². The molecule has 2 rings (SSSR count). The number of unbranched alkanes of at least 4 members (excludes halogenated alkanes) is 1. The van der Waals surface area contributed by atoms with Crippen molar-refractivity contribution in [2.75, 3.05) is 38.6 Å². The van der Waals surface area contributed by atoms with E-state index < -0.39 is 18.0 Å². The van der Waals surface area contributed by atoms with E-state index in [1.807, 2.05) is 6.92 Å². The Hall–Kier alpha value is -2.23. The van der Waals surface area contributed by atoms with Gasteiger partial charge in [-0.15, -0.1) is 0 Å². The van der Waals surface area contributed by atoms with Crippen LogP contribution in [0.4, 0.5) is 5.82 Å². The quantitative estimate of drug-likeness (QED) is 0.361. The Labute approximate surface area is 185 Å². The van der Waals surface area contributed by atoms with Crippen molar-refractivity contribution >= 4 is 17.8 Å². The predicted molar refractivity (Wildman–Crippen MR) is 120 cm³/mol. The van der Waals surface area contributed by atoms with Crippen LogP contribution in [0.5, 0.6) is 0 Å². The maximum Gasteiger partial charge on any atom is 0.320 e. The standard InChI is InChI=1S/C20H34N4O3.C2H4O2/c1-15(27-2)14-24(13-10-18(21)20(25)26)12-4-3-7-17-9-8-16-6-5-11-22-19(16)23-17;1-2(3)4/h8-9,15,18H,3-7,10-14,21H2,1-2H3,(H,22,23)(H,25,26);1H3,(H,3,4)/t15-,18+;/m1./s1. The molecule has 2 atom stereocenters. The summed E-state index contributed by atoms with van der Waals surface area (Å²) in [7, 11) is 1.70. The van der Waals surface area contributed by atoms with E-state index in [2.05, 4.69) is 22.3 Å². The number of nitrogens with two attached hydrogens (primary N) is 1. The zero-order valence-electron chi connectivity index (χ0n) is 19.0. The molecule has 9 nitrogen and oxygen atoms in total. The number of carbonyl (C=O) groups is 2. The highest BCUT2D eigenvalue weighted by atomic mass is 16.5. The summed E-state index contributed by atoms with van der Waals surface area (Å²) in [6.07, 6.45) is 5.89. The molecule has 0 fully saturated rings. The van der Waals surface area contributed by atoms with Crippen molar-refractivity contribution in [2.24, 2.45) is 5.73 Å². The van der Waals surface area contributed by atoms with Crippen molar-refractivity contribution in [3.63, 3.8) is 0 Å². The van der Waals surface area contributed by atoms with Gasteiger partial charge in [-0.05, 0) is 63.6 Å². The van der Waals surface area contributed by atoms with Crippen molar-refractivity contribution in [3.05, 3.63) is 23.4 Å². The number of aliphatic carboxylic acids is 2. The molecule has 31 heavy (non-hydrogen) atoms. The van der Waals surface area contributed by atoms with Crippen LogP contribution in [-0.2, 0) is 27.2 Å². The number of fused-ring (bicyclic) bond motifs is 1. The van der Waals surface area contributed by atoms with Gasteiger partial charge in [0, 0.05) is 39.4 Å². The SMILES string of the molecule is CC(=O)O.CO[C@H](C)CN(CCCCc1ccc2c(n1)NCCC2)CC[C@H](N)C(=O)O. The number of carboxylic acids is 2. The summed E-state index contributed by atoms with van der Waals surface area (Å²) >= 11 is 0. The number of hydrogen-bond donors (Lipinski definition) is 4. The summed E-state index contributed by atoms with van der Waals surface area (Å²) in [4.78, 5) is 26.9. The van der Waals surface area contributed by atoms with E-state index in [1.165, 1.54) is 12.0 Å². The fourth-order valence-electron chi connectivity index (χ4n) is 3.33. The molecule has 5 N–H and O–H groups in total. The Bertz CT molecular complexity index is 682. The molecule has 0 bridgehead atoms. The topological polar surface area (TPSA) is 138 Å². The maximum atomic E-state index is 10.9. The first kappa shape index (κ1) is 26.8. The van der Waals surface area contributed by atoms with E-state index in [4.69, 9.17) is 30.5 Å². The van der Waals surface area contributed by atoms with E-state index in [9.17, 15) is 4.79 Å². The molecule has 0 spiro atoms. The Morgan fingerprint density at radius 1 is 1.29 bits per heavy atom. The molecule has 1 aliphatic rings. The smallest absolute Gasteiger partial charge is 0.320 e. The number of nitrogens with one attached hydrogen (secondary N) is 1. The van der Waals surface area contributed by atoms with Crippen LogP contribution in [0.3, 0.4) is 0 Å². The van der Waals surface area contributed by atoms with Gasteiger partial charge in [0.15, 0.2) is 0 Å². The highest BCUT2D eigenvalue weighted by Gasteiger charge is 2.16. The van der Waals surface area contributed by atoms with Crippen LogP contribution in [0, 0.1) is 0 Å². The molecule has 1 aromatic rings. The van der Waals surface area contributed by atoms with Gasteiger partial charge < -0.3 is 30.9 Å². The number of nitrogens with zero attached hydrogens (tertiary/aromatic N) is 2. The zero-order chi connectivity index (χ0) is 23.2. The summed E-state index contributed by atoms with van der Waals surface area (Å²) in [6, 6.07) is 3.53. The molecule has 9 heteroatoms.